The van der Waals surface area contributed by atoms with E-state index >= 15 is 0 Å². The molecule has 1 N–H and O–H groups in total. The molecule has 1 saturated heterocycles. The average Bonchev–Trinajstić information content (AvgIpc) is 3.29. The highest BCUT2D eigenvalue weighted by Gasteiger charge is 2.21. The Morgan fingerprint density at radius 2 is 2.15 bits per heavy atom. The van der Waals surface area contributed by atoms with Gasteiger partial charge in [0.05, 0.1) is 6.10 Å². The third-order valence-corrected chi connectivity index (χ3v) is 4.07. The molecule has 3 rings (SSSR count). The molecule has 0 amide bonds. The number of rotatable bonds is 6. The zero-order chi connectivity index (χ0) is 13.8. The van der Waals surface area contributed by atoms with Gasteiger partial charge in [-0.25, -0.2) is 0 Å². The molecule has 0 radical (unpaired) electrons. The van der Waals surface area contributed by atoms with Crippen LogP contribution in [0.2, 0.25) is 0 Å². The van der Waals surface area contributed by atoms with E-state index < -0.39 is 0 Å². The summed E-state index contributed by atoms with van der Waals surface area (Å²) in [5.74, 6) is 1.01. The molecule has 1 aromatic rings. The van der Waals surface area contributed by atoms with Gasteiger partial charge in [0.15, 0.2) is 0 Å². The fraction of sp³-hybridized carbons (Fsp3) is 0.647. The van der Waals surface area contributed by atoms with Crippen LogP contribution in [0, 0.1) is 6.92 Å². The summed E-state index contributed by atoms with van der Waals surface area (Å²) < 4.78 is 11.8. The molecule has 20 heavy (non-hydrogen) atoms. The van der Waals surface area contributed by atoms with Crippen LogP contribution in [0.5, 0.6) is 5.75 Å². The molecule has 0 spiro atoms. The van der Waals surface area contributed by atoms with E-state index in [-0.39, 0.29) is 6.10 Å². The van der Waals surface area contributed by atoms with E-state index in [0.29, 0.717) is 6.61 Å². The lowest BCUT2D eigenvalue weighted by Gasteiger charge is -2.23. The van der Waals surface area contributed by atoms with Crippen LogP contribution in [0.4, 0.5) is 0 Å². The lowest BCUT2D eigenvalue weighted by atomic mass is 10.1. The molecule has 110 valence electrons. The molecule has 1 aliphatic carbocycles. The topological polar surface area (TPSA) is 30.5 Å². The molecule has 3 heteroatoms. The Morgan fingerprint density at radius 1 is 1.25 bits per heavy atom. The molecule has 2 aliphatic rings. The first-order chi connectivity index (χ1) is 9.81. The van der Waals surface area contributed by atoms with Crippen LogP contribution in [0.25, 0.3) is 0 Å². The maximum atomic E-state index is 6.02. The monoisotopic (exact) mass is 275 g/mol. The fourth-order valence-corrected chi connectivity index (χ4v) is 2.65. The van der Waals surface area contributed by atoms with Crippen LogP contribution >= 0.6 is 0 Å². The first-order valence-electron chi connectivity index (χ1n) is 7.88. The van der Waals surface area contributed by atoms with Crippen LogP contribution in [0.3, 0.4) is 0 Å². The predicted molar refractivity (Wildman–Crippen MR) is 80.1 cm³/mol. The number of nitrogens with one attached hydrogen (secondary N) is 1. The normalized spacial score (nSPS) is 22.8. The van der Waals surface area contributed by atoms with Gasteiger partial charge in [-0.15, -0.1) is 0 Å². The van der Waals surface area contributed by atoms with E-state index in [1.807, 2.05) is 0 Å². The largest absolute Gasteiger partial charge is 0.491 e. The van der Waals surface area contributed by atoms with E-state index in [0.717, 1.165) is 31.4 Å². The van der Waals surface area contributed by atoms with Gasteiger partial charge in [0.25, 0.3) is 0 Å². The number of aryl methyl sites for hydroxylation is 1. The summed E-state index contributed by atoms with van der Waals surface area (Å²) in [5.41, 5.74) is 2.56. The molecule has 1 aromatic carbocycles. The van der Waals surface area contributed by atoms with E-state index in [2.05, 4.69) is 30.4 Å². The van der Waals surface area contributed by atoms with Gasteiger partial charge in [-0.1, -0.05) is 17.7 Å². The minimum atomic E-state index is 0.272. The maximum Gasteiger partial charge on any atom is 0.123 e. The molecule has 1 unspecified atom stereocenters. The highest BCUT2D eigenvalue weighted by atomic mass is 16.5. The zero-order valence-electron chi connectivity index (χ0n) is 12.4. The van der Waals surface area contributed by atoms with Crippen LogP contribution in [-0.4, -0.2) is 25.4 Å². The Hall–Kier alpha value is -1.06. The summed E-state index contributed by atoms with van der Waals surface area (Å²) in [5, 5.41) is 3.57. The second-order valence-electron chi connectivity index (χ2n) is 6.07. The Kier molecular flexibility index (Phi) is 4.58. The summed E-state index contributed by atoms with van der Waals surface area (Å²) in [6.07, 6.45) is 6.49. The minimum Gasteiger partial charge on any atom is -0.491 e. The summed E-state index contributed by atoms with van der Waals surface area (Å²) >= 11 is 0. The molecule has 0 aromatic heterocycles. The predicted octanol–water partition coefficient (Wildman–Crippen LogP) is 3.19. The molecule has 1 aliphatic heterocycles. The summed E-state index contributed by atoms with van der Waals surface area (Å²) in [4.78, 5) is 0. The van der Waals surface area contributed by atoms with Crippen molar-refractivity contribution in [1.82, 2.24) is 5.32 Å². The lowest BCUT2D eigenvalue weighted by molar-refractivity contribution is -0.0112. The van der Waals surface area contributed by atoms with Gasteiger partial charge in [-0.2, -0.15) is 0 Å². The standard InChI is InChI=1S/C17H25NO2/c1-13-5-8-17(14(10-13)11-18-15-6-7-15)20-12-16-4-2-3-9-19-16/h5,8,10,15-16,18H,2-4,6-7,9,11-12H2,1H3. The van der Waals surface area contributed by atoms with Crippen molar-refractivity contribution in [1.29, 1.82) is 0 Å². The number of hydrogen-bond donors (Lipinski definition) is 1. The third-order valence-electron chi connectivity index (χ3n) is 4.07. The van der Waals surface area contributed by atoms with Crippen molar-refractivity contribution >= 4 is 0 Å². The Balaban J connectivity index is 1.58. The molecule has 3 nitrogen and oxygen atoms in total. The summed E-state index contributed by atoms with van der Waals surface area (Å²) in [7, 11) is 0. The van der Waals surface area contributed by atoms with Crippen molar-refractivity contribution in [3.8, 4) is 5.75 Å². The molecular formula is C17H25NO2. The van der Waals surface area contributed by atoms with Gasteiger partial charge in [0.2, 0.25) is 0 Å². The van der Waals surface area contributed by atoms with E-state index in [9.17, 15) is 0 Å². The smallest absolute Gasteiger partial charge is 0.123 e. The average molecular weight is 275 g/mol. The van der Waals surface area contributed by atoms with Crippen LogP contribution in [-0.2, 0) is 11.3 Å². The van der Waals surface area contributed by atoms with Crippen molar-refractivity contribution in [2.24, 2.45) is 0 Å². The van der Waals surface area contributed by atoms with Gasteiger partial charge < -0.3 is 14.8 Å². The van der Waals surface area contributed by atoms with Gasteiger partial charge in [-0.3, -0.25) is 0 Å². The van der Waals surface area contributed by atoms with Gasteiger partial charge >= 0.3 is 0 Å². The lowest BCUT2D eigenvalue weighted by Crippen LogP contribution is -2.26. The van der Waals surface area contributed by atoms with Gasteiger partial charge in [-0.05, 0) is 45.1 Å². The van der Waals surface area contributed by atoms with Crippen molar-refractivity contribution in [3.63, 3.8) is 0 Å². The molecular weight excluding hydrogens is 250 g/mol. The molecule has 1 heterocycles. The Bertz CT molecular complexity index is 437. The van der Waals surface area contributed by atoms with Crippen molar-refractivity contribution in [2.75, 3.05) is 13.2 Å². The molecule has 1 atom stereocenters. The van der Waals surface area contributed by atoms with E-state index in [1.165, 1.54) is 36.8 Å². The second kappa shape index (κ2) is 6.59. The fourth-order valence-electron chi connectivity index (χ4n) is 2.65. The summed E-state index contributed by atoms with van der Waals surface area (Å²) in [6, 6.07) is 7.18. The highest BCUT2D eigenvalue weighted by molar-refractivity contribution is 5.37. The van der Waals surface area contributed by atoms with Crippen molar-refractivity contribution < 1.29 is 9.47 Å². The first-order valence-corrected chi connectivity index (χ1v) is 7.88. The molecule has 1 saturated carbocycles. The Labute approximate surface area is 121 Å². The van der Waals surface area contributed by atoms with Crippen LogP contribution in [0.1, 0.15) is 43.2 Å². The van der Waals surface area contributed by atoms with E-state index in [1.54, 1.807) is 0 Å². The Morgan fingerprint density at radius 3 is 2.90 bits per heavy atom. The van der Waals surface area contributed by atoms with Gasteiger partial charge in [0.1, 0.15) is 12.4 Å². The van der Waals surface area contributed by atoms with Crippen LogP contribution < -0.4 is 10.1 Å². The number of benzene rings is 1. The summed E-state index contributed by atoms with van der Waals surface area (Å²) in [6.45, 7) is 4.61. The van der Waals surface area contributed by atoms with Crippen molar-refractivity contribution in [3.05, 3.63) is 29.3 Å². The molecule has 0 bridgehead atoms. The SMILES string of the molecule is Cc1ccc(OCC2CCCCO2)c(CNC2CC2)c1. The minimum absolute atomic E-state index is 0.272. The second-order valence-corrected chi connectivity index (χ2v) is 6.07. The first kappa shape index (κ1) is 13.9. The zero-order valence-corrected chi connectivity index (χ0v) is 12.4. The highest BCUT2D eigenvalue weighted by Crippen LogP contribution is 2.24. The maximum absolute atomic E-state index is 6.02. The molecule has 2 fully saturated rings. The van der Waals surface area contributed by atoms with E-state index in [4.69, 9.17) is 9.47 Å². The van der Waals surface area contributed by atoms with Crippen LogP contribution in [0.15, 0.2) is 18.2 Å². The number of ether oxygens (including phenoxy) is 2. The third kappa shape index (κ3) is 3.97. The number of hydrogen-bond acceptors (Lipinski definition) is 3. The quantitative estimate of drug-likeness (QED) is 0.865. The van der Waals surface area contributed by atoms with Crippen molar-refractivity contribution in [2.45, 2.75) is 57.7 Å². The van der Waals surface area contributed by atoms with Gasteiger partial charge in [0, 0.05) is 24.8 Å².